The van der Waals surface area contributed by atoms with Crippen molar-refractivity contribution in [3.8, 4) is 0 Å². The van der Waals surface area contributed by atoms with Crippen LogP contribution in [0.15, 0.2) is 24.3 Å². The zero-order valence-corrected chi connectivity index (χ0v) is 15.7. The number of urea groups is 1. The molecule has 0 aliphatic carbocycles. The largest absolute Gasteiger partial charge is 0.481 e. The Labute approximate surface area is 159 Å². The van der Waals surface area contributed by atoms with E-state index >= 15 is 0 Å². The lowest BCUT2D eigenvalue weighted by molar-refractivity contribution is -0.143. The lowest BCUT2D eigenvalue weighted by atomic mass is 9.98. The first kappa shape index (κ1) is 19.2. The highest BCUT2D eigenvalue weighted by Gasteiger charge is 2.28. The molecule has 1 atom stereocenters. The maximum absolute atomic E-state index is 12.6. The molecule has 3 amide bonds. The Bertz CT molecular complexity index is 696. The van der Waals surface area contributed by atoms with Crippen LogP contribution >= 0.6 is 0 Å². The highest BCUT2D eigenvalue weighted by atomic mass is 16.4. The van der Waals surface area contributed by atoms with Crippen molar-refractivity contribution in [3.63, 3.8) is 0 Å². The van der Waals surface area contributed by atoms with E-state index in [0.29, 0.717) is 36.6 Å². The van der Waals surface area contributed by atoms with E-state index in [-0.39, 0.29) is 18.5 Å². The lowest BCUT2D eigenvalue weighted by Gasteiger charge is -2.31. The quantitative estimate of drug-likeness (QED) is 0.852. The predicted molar refractivity (Wildman–Crippen MR) is 102 cm³/mol. The van der Waals surface area contributed by atoms with Gasteiger partial charge < -0.3 is 20.2 Å². The molecule has 0 radical (unpaired) electrons. The van der Waals surface area contributed by atoms with E-state index in [2.05, 4.69) is 12.2 Å². The number of nitrogens with one attached hydrogen (secondary N) is 1. The van der Waals surface area contributed by atoms with Crippen LogP contribution in [0.3, 0.4) is 0 Å². The molecule has 3 rings (SSSR count). The summed E-state index contributed by atoms with van der Waals surface area (Å²) in [6.07, 6.45) is 3.36. The molecule has 2 aliphatic rings. The van der Waals surface area contributed by atoms with Gasteiger partial charge in [-0.3, -0.25) is 9.59 Å². The maximum Gasteiger partial charge on any atom is 0.321 e. The molecule has 27 heavy (non-hydrogen) atoms. The van der Waals surface area contributed by atoms with Crippen LogP contribution in [0.1, 0.15) is 43.0 Å². The topological polar surface area (TPSA) is 90.0 Å². The number of hydrogen-bond acceptors (Lipinski definition) is 3. The van der Waals surface area contributed by atoms with Crippen molar-refractivity contribution in [1.29, 1.82) is 0 Å². The van der Waals surface area contributed by atoms with E-state index in [1.54, 1.807) is 24.3 Å². The molecule has 0 bridgehead atoms. The summed E-state index contributed by atoms with van der Waals surface area (Å²) in [7, 11) is 0. The van der Waals surface area contributed by atoms with Gasteiger partial charge >= 0.3 is 12.0 Å². The van der Waals surface area contributed by atoms with Gasteiger partial charge in [-0.25, -0.2) is 4.79 Å². The Kier molecular flexibility index (Phi) is 5.98. The van der Waals surface area contributed by atoms with E-state index in [1.165, 1.54) is 4.90 Å². The summed E-state index contributed by atoms with van der Waals surface area (Å²) in [5.74, 6) is -0.665. The summed E-state index contributed by atoms with van der Waals surface area (Å²) in [5, 5.41) is 11.9. The summed E-state index contributed by atoms with van der Waals surface area (Å²) >= 11 is 0. The van der Waals surface area contributed by atoms with Crippen molar-refractivity contribution < 1.29 is 19.5 Å². The van der Waals surface area contributed by atoms with Crippen LogP contribution in [0, 0.1) is 11.8 Å². The fourth-order valence-corrected chi connectivity index (χ4v) is 3.66. The molecule has 2 saturated heterocycles. The SMILES string of the molecule is CC1CCN(C(=O)c2ccc(NC(=O)N3CCCC(C(=O)O)C3)cc2)CC1. The van der Waals surface area contributed by atoms with Gasteiger partial charge in [0.2, 0.25) is 0 Å². The third-order valence-electron chi connectivity index (χ3n) is 5.51. The third kappa shape index (κ3) is 4.78. The first-order chi connectivity index (χ1) is 12.9. The number of carboxylic acids is 1. The number of piperidine rings is 2. The minimum Gasteiger partial charge on any atom is -0.481 e. The van der Waals surface area contributed by atoms with E-state index in [1.807, 2.05) is 4.90 Å². The number of anilines is 1. The predicted octanol–water partition coefficient (Wildman–Crippen LogP) is 2.89. The van der Waals surface area contributed by atoms with Gasteiger partial charge in [0.05, 0.1) is 5.92 Å². The summed E-state index contributed by atoms with van der Waals surface area (Å²) in [4.78, 5) is 39.5. The second-order valence-corrected chi connectivity index (χ2v) is 7.61. The second-order valence-electron chi connectivity index (χ2n) is 7.61. The number of hydrogen-bond donors (Lipinski definition) is 2. The van der Waals surface area contributed by atoms with Crippen molar-refractivity contribution in [3.05, 3.63) is 29.8 Å². The maximum atomic E-state index is 12.6. The highest BCUT2D eigenvalue weighted by Crippen LogP contribution is 2.20. The van der Waals surface area contributed by atoms with Crippen LogP contribution < -0.4 is 5.32 Å². The Hall–Kier alpha value is -2.57. The molecular formula is C20H27N3O4. The van der Waals surface area contributed by atoms with Crippen LogP contribution in [0.2, 0.25) is 0 Å². The smallest absolute Gasteiger partial charge is 0.321 e. The third-order valence-corrected chi connectivity index (χ3v) is 5.51. The number of carbonyl (C=O) groups is 3. The molecule has 0 aromatic heterocycles. The molecule has 1 unspecified atom stereocenters. The monoisotopic (exact) mass is 373 g/mol. The standard InChI is InChI=1S/C20H27N3O4/c1-14-8-11-22(12-9-14)18(24)15-4-6-17(7-5-15)21-20(27)23-10-2-3-16(13-23)19(25)26/h4-7,14,16H,2-3,8-13H2,1H3,(H,21,27)(H,25,26). The van der Waals surface area contributed by atoms with Crippen molar-refractivity contribution in [1.82, 2.24) is 9.80 Å². The number of aliphatic carboxylic acids is 1. The number of carbonyl (C=O) groups excluding carboxylic acids is 2. The molecule has 7 nitrogen and oxygen atoms in total. The summed E-state index contributed by atoms with van der Waals surface area (Å²) in [6, 6.07) is 6.59. The molecule has 1 aromatic rings. The highest BCUT2D eigenvalue weighted by molar-refractivity contribution is 5.95. The number of amides is 3. The van der Waals surface area contributed by atoms with Gasteiger partial charge in [-0.1, -0.05) is 6.92 Å². The summed E-state index contributed by atoms with van der Waals surface area (Å²) in [6.45, 7) is 4.57. The molecule has 2 heterocycles. The zero-order chi connectivity index (χ0) is 19.4. The normalized spacial score (nSPS) is 21.0. The van der Waals surface area contributed by atoms with E-state index in [0.717, 1.165) is 25.9 Å². The van der Waals surface area contributed by atoms with Gasteiger partial charge in [0.25, 0.3) is 5.91 Å². The van der Waals surface area contributed by atoms with Gasteiger partial charge in [-0.15, -0.1) is 0 Å². The van der Waals surface area contributed by atoms with E-state index in [9.17, 15) is 14.4 Å². The second kappa shape index (κ2) is 8.41. The molecule has 0 spiro atoms. The summed E-state index contributed by atoms with van der Waals surface area (Å²) in [5.41, 5.74) is 1.22. The van der Waals surface area contributed by atoms with Gasteiger partial charge in [-0.2, -0.15) is 0 Å². The van der Waals surface area contributed by atoms with Crippen LogP contribution in [-0.2, 0) is 4.79 Å². The minimum absolute atomic E-state index is 0.0279. The molecule has 146 valence electrons. The Balaban J connectivity index is 1.56. The van der Waals surface area contributed by atoms with Gasteiger partial charge in [0.15, 0.2) is 0 Å². The molecule has 0 saturated carbocycles. The average Bonchev–Trinajstić information content (AvgIpc) is 2.68. The number of benzene rings is 1. The number of carboxylic acid groups (broad SMARTS) is 1. The molecule has 2 N–H and O–H groups in total. The average molecular weight is 373 g/mol. The van der Waals surface area contributed by atoms with Gasteiger partial charge in [-0.05, 0) is 55.9 Å². The number of rotatable bonds is 3. The van der Waals surface area contributed by atoms with Crippen molar-refractivity contribution in [2.24, 2.45) is 11.8 Å². The molecule has 7 heteroatoms. The Morgan fingerprint density at radius 2 is 1.67 bits per heavy atom. The molecular weight excluding hydrogens is 346 g/mol. The van der Waals surface area contributed by atoms with Gasteiger partial charge in [0.1, 0.15) is 0 Å². The summed E-state index contributed by atoms with van der Waals surface area (Å²) < 4.78 is 0. The number of nitrogens with zero attached hydrogens (tertiary/aromatic N) is 2. The first-order valence-corrected chi connectivity index (χ1v) is 9.62. The van der Waals surface area contributed by atoms with E-state index < -0.39 is 11.9 Å². The lowest BCUT2D eigenvalue weighted by Crippen LogP contribution is -2.44. The molecule has 1 aromatic carbocycles. The molecule has 2 fully saturated rings. The zero-order valence-electron chi connectivity index (χ0n) is 15.7. The van der Waals surface area contributed by atoms with Crippen LogP contribution in [0.5, 0.6) is 0 Å². The number of likely N-dealkylation sites (tertiary alicyclic amines) is 2. The molecule has 2 aliphatic heterocycles. The minimum atomic E-state index is -0.859. The van der Waals surface area contributed by atoms with Crippen LogP contribution in [0.25, 0.3) is 0 Å². The van der Waals surface area contributed by atoms with Crippen molar-refractivity contribution in [2.45, 2.75) is 32.6 Å². The Morgan fingerprint density at radius 1 is 1.00 bits per heavy atom. The fraction of sp³-hybridized carbons (Fsp3) is 0.550. The van der Waals surface area contributed by atoms with Crippen molar-refractivity contribution in [2.75, 3.05) is 31.5 Å². The Morgan fingerprint density at radius 3 is 2.30 bits per heavy atom. The van der Waals surface area contributed by atoms with Gasteiger partial charge in [0, 0.05) is 37.4 Å². The van der Waals surface area contributed by atoms with Crippen LogP contribution in [-0.4, -0.2) is 59.0 Å². The van der Waals surface area contributed by atoms with Crippen molar-refractivity contribution >= 4 is 23.6 Å². The van der Waals surface area contributed by atoms with Crippen LogP contribution in [0.4, 0.5) is 10.5 Å². The van der Waals surface area contributed by atoms with E-state index in [4.69, 9.17) is 5.11 Å². The first-order valence-electron chi connectivity index (χ1n) is 9.62. The fourth-order valence-electron chi connectivity index (χ4n) is 3.66.